The van der Waals surface area contributed by atoms with E-state index in [-0.39, 0.29) is 5.60 Å². The minimum atomic E-state index is 0.231. The first-order valence-electron chi connectivity index (χ1n) is 5.26. The zero-order valence-corrected chi connectivity index (χ0v) is 7.77. The first-order chi connectivity index (χ1) is 5.91. The van der Waals surface area contributed by atoms with Crippen LogP contribution in [0.5, 0.6) is 0 Å². The molecule has 0 atom stereocenters. The quantitative estimate of drug-likeness (QED) is 0.596. The number of hydrogen-bond donors (Lipinski definition) is 1. The Labute approximate surface area is 74.7 Å². The largest absolute Gasteiger partial charge is 0.374 e. The van der Waals surface area contributed by atoms with Gasteiger partial charge in [-0.1, -0.05) is 19.3 Å². The molecule has 1 heterocycles. The maximum Gasteiger partial charge on any atom is 0.0806 e. The Balaban J connectivity index is 1.95. The fourth-order valence-corrected chi connectivity index (χ4v) is 2.37. The summed E-state index contributed by atoms with van der Waals surface area (Å²) in [7, 11) is 0. The van der Waals surface area contributed by atoms with Gasteiger partial charge >= 0.3 is 0 Å². The predicted octanol–water partition coefficient (Wildman–Crippen LogP) is 1.70. The summed E-state index contributed by atoms with van der Waals surface area (Å²) in [5.74, 6) is 0. The van der Waals surface area contributed by atoms with Crippen LogP contribution < -0.4 is 5.32 Å². The lowest BCUT2D eigenvalue weighted by atomic mass is 9.84. The van der Waals surface area contributed by atoms with E-state index < -0.39 is 0 Å². The lowest BCUT2D eigenvalue weighted by Crippen LogP contribution is -2.42. The van der Waals surface area contributed by atoms with Crippen LogP contribution in [0.3, 0.4) is 0 Å². The third-order valence-corrected chi connectivity index (χ3v) is 3.12. The molecule has 2 heteroatoms. The summed E-state index contributed by atoms with van der Waals surface area (Å²) in [5.41, 5.74) is 0.231. The second kappa shape index (κ2) is 3.75. The molecule has 1 N–H and O–H groups in total. The van der Waals surface area contributed by atoms with Crippen molar-refractivity contribution in [3.05, 3.63) is 0 Å². The molecule has 0 aromatic rings. The van der Waals surface area contributed by atoms with Crippen LogP contribution in [0.15, 0.2) is 0 Å². The van der Waals surface area contributed by atoms with E-state index in [1.165, 1.54) is 38.5 Å². The maximum atomic E-state index is 5.97. The fourth-order valence-electron chi connectivity index (χ4n) is 2.37. The van der Waals surface area contributed by atoms with Crippen molar-refractivity contribution in [3.8, 4) is 0 Å². The molecule has 0 amide bonds. The second-order valence-corrected chi connectivity index (χ2v) is 4.12. The van der Waals surface area contributed by atoms with Crippen LogP contribution in [0, 0.1) is 0 Å². The van der Waals surface area contributed by atoms with Crippen LogP contribution in [-0.4, -0.2) is 25.3 Å². The summed E-state index contributed by atoms with van der Waals surface area (Å²) in [6.07, 6.45) is 7.87. The summed E-state index contributed by atoms with van der Waals surface area (Å²) >= 11 is 0. The first-order valence-corrected chi connectivity index (χ1v) is 5.26. The SMILES string of the molecule is C1CCC2(CC1)CNCCCO2. The van der Waals surface area contributed by atoms with Crippen molar-refractivity contribution >= 4 is 0 Å². The molecule has 2 rings (SSSR count). The van der Waals surface area contributed by atoms with Gasteiger partial charge in [0.2, 0.25) is 0 Å². The van der Waals surface area contributed by atoms with Crippen LogP contribution in [-0.2, 0) is 4.74 Å². The Morgan fingerprint density at radius 1 is 1.00 bits per heavy atom. The van der Waals surface area contributed by atoms with E-state index in [0.717, 1.165) is 19.7 Å². The molecule has 1 aliphatic carbocycles. The van der Waals surface area contributed by atoms with E-state index in [1.54, 1.807) is 0 Å². The van der Waals surface area contributed by atoms with Crippen molar-refractivity contribution in [2.45, 2.75) is 44.1 Å². The molecule has 0 bridgehead atoms. The molecule has 0 unspecified atom stereocenters. The molecule has 1 aliphatic heterocycles. The van der Waals surface area contributed by atoms with Gasteiger partial charge in [-0.25, -0.2) is 0 Å². The molecule has 70 valence electrons. The Kier molecular flexibility index (Phi) is 2.66. The van der Waals surface area contributed by atoms with Gasteiger partial charge in [0.25, 0.3) is 0 Å². The van der Waals surface area contributed by atoms with Gasteiger partial charge in [-0.2, -0.15) is 0 Å². The summed E-state index contributed by atoms with van der Waals surface area (Å²) in [4.78, 5) is 0. The standard InChI is InChI=1S/C10H19NO/c1-2-5-10(6-3-1)9-11-7-4-8-12-10/h11H,1-9H2. The number of hydrogen-bond acceptors (Lipinski definition) is 2. The average molecular weight is 169 g/mol. The Morgan fingerprint density at radius 3 is 2.67 bits per heavy atom. The van der Waals surface area contributed by atoms with Crippen LogP contribution >= 0.6 is 0 Å². The molecule has 2 fully saturated rings. The number of ether oxygens (including phenoxy) is 1. The molecular formula is C10H19NO. The van der Waals surface area contributed by atoms with Gasteiger partial charge in [-0.15, -0.1) is 0 Å². The first kappa shape index (κ1) is 8.52. The van der Waals surface area contributed by atoms with Gasteiger partial charge in [-0.3, -0.25) is 0 Å². The molecule has 0 radical (unpaired) electrons. The monoisotopic (exact) mass is 169 g/mol. The summed E-state index contributed by atoms with van der Waals surface area (Å²) < 4.78 is 5.97. The maximum absolute atomic E-state index is 5.97. The zero-order valence-electron chi connectivity index (χ0n) is 7.77. The van der Waals surface area contributed by atoms with Crippen LogP contribution in [0.1, 0.15) is 38.5 Å². The Bertz CT molecular complexity index is 131. The smallest absolute Gasteiger partial charge is 0.0806 e. The lowest BCUT2D eigenvalue weighted by Gasteiger charge is -2.36. The van der Waals surface area contributed by atoms with E-state index in [1.807, 2.05) is 0 Å². The normalized spacial score (nSPS) is 30.0. The van der Waals surface area contributed by atoms with Gasteiger partial charge in [-0.05, 0) is 25.8 Å². The van der Waals surface area contributed by atoms with E-state index in [2.05, 4.69) is 5.32 Å². The summed E-state index contributed by atoms with van der Waals surface area (Å²) in [6.45, 7) is 3.20. The van der Waals surface area contributed by atoms with E-state index >= 15 is 0 Å². The summed E-state index contributed by atoms with van der Waals surface area (Å²) in [5, 5.41) is 3.48. The topological polar surface area (TPSA) is 21.3 Å². The molecule has 1 saturated carbocycles. The highest BCUT2D eigenvalue weighted by Crippen LogP contribution is 2.31. The van der Waals surface area contributed by atoms with Crippen molar-refractivity contribution in [1.82, 2.24) is 5.32 Å². The average Bonchev–Trinajstić information content (AvgIpc) is 2.33. The van der Waals surface area contributed by atoms with Crippen molar-refractivity contribution in [1.29, 1.82) is 0 Å². The van der Waals surface area contributed by atoms with Crippen LogP contribution in [0.4, 0.5) is 0 Å². The molecule has 0 aromatic carbocycles. The third kappa shape index (κ3) is 1.80. The number of rotatable bonds is 0. The third-order valence-electron chi connectivity index (χ3n) is 3.12. The highest BCUT2D eigenvalue weighted by Gasteiger charge is 2.33. The van der Waals surface area contributed by atoms with Crippen LogP contribution in [0.2, 0.25) is 0 Å². The molecular weight excluding hydrogens is 150 g/mol. The lowest BCUT2D eigenvalue weighted by molar-refractivity contribution is -0.0581. The molecule has 0 aromatic heterocycles. The van der Waals surface area contributed by atoms with Crippen molar-refractivity contribution in [3.63, 3.8) is 0 Å². The molecule has 2 aliphatic rings. The fraction of sp³-hybridized carbons (Fsp3) is 1.00. The molecule has 2 nitrogen and oxygen atoms in total. The second-order valence-electron chi connectivity index (χ2n) is 4.12. The van der Waals surface area contributed by atoms with Crippen molar-refractivity contribution in [2.24, 2.45) is 0 Å². The van der Waals surface area contributed by atoms with Gasteiger partial charge in [0.15, 0.2) is 0 Å². The minimum absolute atomic E-state index is 0.231. The highest BCUT2D eigenvalue weighted by atomic mass is 16.5. The van der Waals surface area contributed by atoms with E-state index in [4.69, 9.17) is 4.74 Å². The molecule has 12 heavy (non-hydrogen) atoms. The van der Waals surface area contributed by atoms with Crippen molar-refractivity contribution in [2.75, 3.05) is 19.7 Å². The zero-order chi connectivity index (χ0) is 8.28. The van der Waals surface area contributed by atoms with E-state index in [9.17, 15) is 0 Å². The van der Waals surface area contributed by atoms with Gasteiger partial charge in [0, 0.05) is 13.2 Å². The Hall–Kier alpha value is -0.0800. The highest BCUT2D eigenvalue weighted by molar-refractivity contribution is 4.87. The number of nitrogens with one attached hydrogen (secondary N) is 1. The minimum Gasteiger partial charge on any atom is -0.374 e. The van der Waals surface area contributed by atoms with Gasteiger partial charge < -0.3 is 10.1 Å². The van der Waals surface area contributed by atoms with E-state index in [0.29, 0.717) is 0 Å². The molecule has 1 spiro atoms. The molecule has 1 saturated heterocycles. The van der Waals surface area contributed by atoms with Gasteiger partial charge in [0.1, 0.15) is 0 Å². The predicted molar refractivity (Wildman–Crippen MR) is 49.3 cm³/mol. The van der Waals surface area contributed by atoms with Crippen LogP contribution in [0.25, 0.3) is 0 Å². The summed E-state index contributed by atoms with van der Waals surface area (Å²) in [6, 6.07) is 0. The van der Waals surface area contributed by atoms with Gasteiger partial charge in [0.05, 0.1) is 5.60 Å². The Morgan fingerprint density at radius 2 is 1.83 bits per heavy atom. The van der Waals surface area contributed by atoms with Crippen molar-refractivity contribution < 1.29 is 4.74 Å².